The van der Waals surface area contributed by atoms with E-state index in [0.717, 1.165) is 29.4 Å². The van der Waals surface area contributed by atoms with Crippen LogP contribution in [0.3, 0.4) is 0 Å². The maximum atomic E-state index is 13.4. The van der Waals surface area contributed by atoms with E-state index in [0.29, 0.717) is 48.1 Å². The summed E-state index contributed by atoms with van der Waals surface area (Å²) >= 11 is 0. The molecule has 190 valence electrons. The summed E-state index contributed by atoms with van der Waals surface area (Å²) in [5.41, 5.74) is 3.15. The lowest BCUT2D eigenvalue weighted by molar-refractivity contribution is -0.144. The first kappa shape index (κ1) is 25.2. The SMILES string of the molecule is COc1cc(C)[nH]c(=O)c1CNC(=O)c1c(C)n(CC2CCN(C(=O)C(C)=O)CC2)c2ccccc12. The number of H-pyrrole nitrogens is 1. The number of carbonyl (C=O) groups excluding carboxylic acids is 3. The van der Waals surface area contributed by atoms with Gasteiger partial charge in [-0.05, 0) is 44.7 Å². The van der Waals surface area contributed by atoms with Crippen molar-refractivity contribution in [1.29, 1.82) is 0 Å². The zero-order valence-electron chi connectivity index (χ0n) is 21.1. The average molecular weight is 493 g/mol. The van der Waals surface area contributed by atoms with Gasteiger partial charge in [-0.1, -0.05) is 18.2 Å². The summed E-state index contributed by atoms with van der Waals surface area (Å²) in [6.07, 6.45) is 1.59. The maximum Gasteiger partial charge on any atom is 0.289 e. The first-order valence-electron chi connectivity index (χ1n) is 12.1. The molecule has 0 radical (unpaired) electrons. The summed E-state index contributed by atoms with van der Waals surface area (Å²) in [5, 5.41) is 3.75. The second-order valence-corrected chi connectivity index (χ2v) is 9.39. The largest absolute Gasteiger partial charge is 0.496 e. The first-order chi connectivity index (χ1) is 17.2. The fraction of sp³-hybridized carbons (Fsp3) is 0.407. The van der Waals surface area contributed by atoms with Gasteiger partial charge in [-0.3, -0.25) is 19.2 Å². The van der Waals surface area contributed by atoms with Gasteiger partial charge in [0.2, 0.25) is 5.78 Å². The van der Waals surface area contributed by atoms with Crippen LogP contribution in [0.1, 0.15) is 47.1 Å². The average Bonchev–Trinajstić information content (AvgIpc) is 3.14. The Morgan fingerprint density at radius 3 is 2.50 bits per heavy atom. The van der Waals surface area contributed by atoms with Crippen LogP contribution in [-0.4, -0.2) is 52.2 Å². The number of ether oxygens (including phenoxy) is 1. The minimum absolute atomic E-state index is 0.0409. The van der Waals surface area contributed by atoms with E-state index in [4.69, 9.17) is 4.74 Å². The van der Waals surface area contributed by atoms with Gasteiger partial charge in [0.05, 0.1) is 24.8 Å². The van der Waals surface area contributed by atoms with E-state index >= 15 is 0 Å². The van der Waals surface area contributed by atoms with Crippen molar-refractivity contribution in [3.63, 3.8) is 0 Å². The van der Waals surface area contributed by atoms with Crippen LogP contribution in [0.15, 0.2) is 35.1 Å². The van der Waals surface area contributed by atoms with Gasteiger partial charge in [0.1, 0.15) is 5.75 Å². The molecule has 1 aliphatic heterocycles. The standard InChI is InChI=1S/C27H32N4O5/c1-16-13-23(36-4)21(25(33)29-16)14-28-26(34)24-17(2)31(22-8-6-5-7-20(22)24)15-19-9-11-30(12-10-19)27(35)18(3)32/h5-8,13,19H,9-12,14-15H2,1-4H3,(H,28,34)(H,29,33). The number of rotatable bonds is 7. The number of aromatic nitrogens is 2. The van der Waals surface area contributed by atoms with Crippen LogP contribution >= 0.6 is 0 Å². The van der Waals surface area contributed by atoms with Crippen molar-refractivity contribution in [1.82, 2.24) is 19.8 Å². The number of piperidine rings is 1. The minimum atomic E-state index is -0.429. The van der Waals surface area contributed by atoms with Gasteiger partial charge in [-0.25, -0.2) is 0 Å². The van der Waals surface area contributed by atoms with Gasteiger partial charge in [-0.15, -0.1) is 0 Å². The molecule has 2 aromatic heterocycles. The number of nitrogens with one attached hydrogen (secondary N) is 2. The van der Waals surface area contributed by atoms with E-state index in [2.05, 4.69) is 14.9 Å². The number of pyridine rings is 1. The summed E-state index contributed by atoms with van der Waals surface area (Å²) in [7, 11) is 1.50. The molecule has 2 N–H and O–H groups in total. The molecule has 0 bridgehead atoms. The number of ketones is 1. The molecule has 2 amide bonds. The molecular formula is C27H32N4O5. The van der Waals surface area contributed by atoms with Gasteiger partial charge in [0, 0.05) is 48.8 Å². The number of amides is 2. The highest BCUT2D eigenvalue weighted by Gasteiger charge is 2.27. The van der Waals surface area contributed by atoms with E-state index in [1.165, 1.54) is 14.0 Å². The number of likely N-dealkylation sites (tertiary alicyclic amines) is 1. The van der Waals surface area contributed by atoms with E-state index in [9.17, 15) is 19.2 Å². The van der Waals surface area contributed by atoms with E-state index in [-0.39, 0.29) is 18.0 Å². The monoisotopic (exact) mass is 492 g/mol. The molecule has 0 aliphatic carbocycles. The second kappa shape index (κ2) is 10.4. The molecule has 0 atom stereocenters. The van der Waals surface area contributed by atoms with Crippen molar-refractivity contribution in [2.24, 2.45) is 5.92 Å². The number of aromatic amines is 1. The molecule has 3 aromatic rings. The van der Waals surface area contributed by atoms with Crippen LogP contribution in [0, 0.1) is 19.8 Å². The molecule has 36 heavy (non-hydrogen) atoms. The van der Waals surface area contributed by atoms with Crippen molar-refractivity contribution in [3.8, 4) is 5.75 Å². The number of hydrogen-bond donors (Lipinski definition) is 2. The molecule has 1 fully saturated rings. The van der Waals surface area contributed by atoms with Crippen LogP contribution in [0.25, 0.3) is 10.9 Å². The maximum absolute atomic E-state index is 13.4. The number of Topliss-reactive ketones (excluding diaryl/α,β-unsaturated/α-hetero) is 1. The molecule has 4 rings (SSSR count). The Labute approximate surface area is 209 Å². The van der Waals surface area contributed by atoms with Crippen molar-refractivity contribution in [2.75, 3.05) is 20.2 Å². The highest BCUT2D eigenvalue weighted by Crippen LogP contribution is 2.29. The number of hydrogen-bond acceptors (Lipinski definition) is 5. The molecule has 1 saturated heterocycles. The van der Waals surface area contributed by atoms with Crippen LogP contribution in [0.4, 0.5) is 0 Å². The summed E-state index contributed by atoms with van der Waals surface area (Å²) in [6.45, 7) is 6.88. The number of methoxy groups -OCH3 is 1. The first-order valence-corrected chi connectivity index (χ1v) is 12.1. The number of fused-ring (bicyclic) bond motifs is 1. The number of para-hydroxylation sites is 1. The van der Waals surface area contributed by atoms with Crippen molar-refractivity contribution in [3.05, 3.63) is 63.2 Å². The Morgan fingerprint density at radius 2 is 1.83 bits per heavy atom. The molecule has 0 unspecified atom stereocenters. The normalized spacial score (nSPS) is 14.2. The molecular weight excluding hydrogens is 460 g/mol. The Hall–Kier alpha value is -3.88. The quantitative estimate of drug-likeness (QED) is 0.493. The van der Waals surface area contributed by atoms with Crippen molar-refractivity contribution in [2.45, 2.75) is 46.7 Å². The minimum Gasteiger partial charge on any atom is -0.496 e. The lowest BCUT2D eigenvalue weighted by Crippen LogP contribution is -2.42. The zero-order chi connectivity index (χ0) is 26.0. The summed E-state index contributed by atoms with van der Waals surface area (Å²) < 4.78 is 7.51. The summed E-state index contributed by atoms with van der Waals surface area (Å²) in [6, 6.07) is 9.52. The van der Waals surface area contributed by atoms with E-state index < -0.39 is 11.7 Å². The highest BCUT2D eigenvalue weighted by molar-refractivity contribution is 6.35. The molecule has 0 saturated carbocycles. The Morgan fingerprint density at radius 1 is 1.14 bits per heavy atom. The summed E-state index contributed by atoms with van der Waals surface area (Å²) in [4.78, 5) is 53.6. The Balaban J connectivity index is 1.55. The summed E-state index contributed by atoms with van der Waals surface area (Å²) in [5.74, 6) is -0.348. The van der Waals surface area contributed by atoms with Crippen LogP contribution in [0.2, 0.25) is 0 Å². The van der Waals surface area contributed by atoms with Crippen molar-refractivity contribution < 1.29 is 19.1 Å². The number of nitrogens with zero attached hydrogens (tertiary/aromatic N) is 2. The fourth-order valence-corrected chi connectivity index (χ4v) is 5.05. The molecule has 3 heterocycles. The Bertz CT molecular complexity index is 1380. The van der Waals surface area contributed by atoms with Gasteiger partial charge < -0.3 is 24.5 Å². The number of aryl methyl sites for hydroxylation is 1. The molecule has 1 aliphatic rings. The predicted molar refractivity (Wildman–Crippen MR) is 136 cm³/mol. The zero-order valence-corrected chi connectivity index (χ0v) is 21.1. The smallest absolute Gasteiger partial charge is 0.289 e. The third kappa shape index (κ3) is 4.91. The van der Waals surface area contributed by atoms with Gasteiger partial charge in [0.15, 0.2) is 0 Å². The third-order valence-electron chi connectivity index (χ3n) is 6.98. The molecule has 9 nitrogen and oxygen atoms in total. The fourth-order valence-electron chi connectivity index (χ4n) is 5.05. The number of benzene rings is 1. The lowest BCUT2D eigenvalue weighted by Gasteiger charge is -2.32. The van der Waals surface area contributed by atoms with Crippen LogP contribution in [0.5, 0.6) is 5.75 Å². The lowest BCUT2D eigenvalue weighted by atomic mass is 9.96. The highest BCUT2D eigenvalue weighted by atomic mass is 16.5. The molecule has 9 heteroatoms. The van der Waals surface area contributed by atoms with E-state index in [1.807, 2.05) is 31.2 Å². The van der Waals surface area contributed by atoms with Gasteiger partial charge in [-0.2, -0.15) is 0 Å². The predicted octanol–water partition coefficient (Wildman–Crippen LogP) is 2.71. The topological polar surface area (TPSA) is 114 Å². The number of carbonyl (C=O) groups is 3. The molecule has 1 aromatic carbocycles. The Kier molecular flexibility index (Phi) is 7.28. The van der Waals surface area contributed by atoms with Gasteiger partial charge in [0.25, 0.3) is 17.4 Å². The van der Waals surface area contributed by atoms with Gasteiger partial charge >= 0.3 is 0 Å². The van der Waals surface area contributed by atoms with Crippen LogP contribution < -0.4 is 15.6 Å². The van der Waals surface area contributed by atoms with Crippen LogP contribution in [-0.2, 0) is 22.7 Å². The third-order valence-corrected chi connectivity index (χ3v) is 6.98. The van der Waals surface area contributed by atoms with E-state index in [1.54, 1.807) is 17.9 Å². The van der Waals surface area contributed by atoms with Crippen molar-refractivity contribution >= 4 is 28.5 Å². The second-order valence-electron chi connectivity index (χ2n) is 9.39. The molecule has 0 spiro atoms.